The second-order valence-electron chi connectivity index (χ2n) is 1.89. The lowest BCUT2D eigenvalue weighted by molar-refractivity contribution is 0.0668. The Bertz CT molecular complexity index is 48.8. The van der Waals surface area contributed by atoms with Gasteiger partial charge in [0.1, 0.15) is 0 Å². The van der Waals surface area contributed by atoms with Crippen LogP contribution < -0.4 is 0 Å². The van der Waals surface area contributed by atoms with E-state index in [0.717, 1.165) is 19.6 Å². The molecule has 3 nitrogen and oxygen atoms in total. The lowest BCUT2D eigenvalue weighted by Crippen LogP contribution is -2.03. The fourth-order valence-corrected chi connectivity index (χ4v) is 0.574. The first-order valence-electron chi connectivity index (χ1n) is 3.68. The molecule has 0 rings (SSSR count). The highest BCUT2D eigenvalue weighted by Gasteiger charge is 1.86. The topological polar surface area (TPSA) is 38.7 Å². The summed E-state index contributed by atoms with van der Waals surface area (Å²) in [5.74, 6) is 0. The predicted octanol–water partition coefficient (Wildman–Crippen LogP) is 0.422. The molecule has 0 aromatic carbocycles. The third-order valence-corrected chi connectivity index (χ3v) is 1.02. The molecule has 62 valence electrons. The molecule has 0 aromatic heterocycles. The van der Waals surface area contributed by atoms with Gasteiger partial charge in [-0.25, -0.2) is 0 Å². The standard InChI is InChI=1S/C7H16O3/c1-2-9-5-3-6-10-7-4-8/h8H,2-7H2,1H3. The van der Waals surface area contributed by atoms with Gasteiger partial charge in [-0.1, -0.05) is 0 Å². The van der Waals surface area contributed by atoms with Gasteiger partial charge in [-0.15, -0.1) is 0 Å². The van der Waals surface area contributed by atoms with Gasteiger partial charge >= 0.3 is 0 Å². The minimum absolute atomic E-state index is 0.106. The van der Waals surface area contributed by atoms with Crippen molar-refractivity contribution < 1.29 is 14.6 Å². The van der Waals surface area contributed by atoms with Crippen molar-refractivity contribution >= 4 is 0 Å². The van der Waals surface area contributed by atoms with Crippen LogP contribution in [0.3, 0.4) is 0 Å². The summed E-state index contributed by atoms with van der Waals surface area (Å²) in [7, 11) is 0. The van der Waals surface area contributed by atoms with Crippen LogP contribution in [0.5, 0.6) is 0 Å². The Morgan fingerprint density at radius 1 is 1.10 bits per heavy atom. The Morgan fingerprint density at radius 2 is 1.80 bits per heavy atom. The molecule has 0 spiro atoms. The summed E-state index contributed by atoms with van der Waals surface area (Å²) in [5.41, 5.74) is 0. The summed E-state index contributed by atoms with van der Waals surface area (Å²) in [6, 6.07) is 0. The van der Waals surface area contributed by atoms with Gasteiger partial charge in [0.05, 0.1) is 13.2 Å². The fourth-order valence-electron chi connectivity index (χ4n) is 0.574. The second-order valence-corrected chi connectivity index (χ2v) is 1.89. The maximum Gasteiger partial charge on any atom is 0.0697 e. The summed E-state index contributed by atoms with van der Waals surface area (Å²) in [5, 5.41) is 8.31. The van der Waals surface area contributed by atoms with Crippen LogP contribution in [0.25, 0.3) is 0 Å². The summed E-state index contributed by atoms with van der Waals surface area (Å²) < 4.78 is 10.1. The predicted molar refractivity (Wildman–Crippen MR) is 39.0 cm³/mol. The molecule has 0 bridgehead atoms. The van der Waals surface area contributed by atoms with Gasteiger partial charge in [-0.05, 0) is 13.3 Å². The van der Waals surface area contributed by atoms with Crippen LogP contribution in [0, 0.1) is 0 Å². The molecular weight excluding hydrogens is 132 g/mol. The van der Waals surface area contributed by atoms with Crippen molar-refractivity contribution in [1.82, 2.24) is 0 Å². The Hall–Kier alpha value is -0.120. The van der Waals surface area contributed by atoms with Crippen LogP contribution in [0.2, 0.25) is 0 Å². The van der Waals surface area contributed by atoms with Gasteiger partial charge in [0.2, 0.25) is 0 Å². The van der Waals surface area contributed by atoms with Gasteiger partial charge in [0.25, 0.3) is 0 Å². The highest BCUT2D eigenvalue weighted by molar-refractivity contribution is 4.33. The molecule has 0 fully saturated rings. The molecule has 1 N–H and O–H groups in total. The minimum Gasteiger partial charge on any atom is -0.394 e. The van der Waals surface area contributed by atoms with Crippen LogP contribution in [0.15, 0.2) is 0 Å². The van der Waals surface area contributed by atoms with Crippen LogP contribution in [-0.2, 0) is 9.47 Å². The van der Waals surface area contributed by atoms with E-state index >= 15 is 0 Å². The molecule has 0 amide bonds. The first-order valence-corrected chi connectivity index (χ1v) is 3.68. The quantitative estimate of drug-likeness (QED) is 0.532. The fraction of sp³-hybridized carbons (Fsp3) is 1.00. The number of aliphatic hydroxyl groups excluding tert-OH is 1. The van der Waals surface area contributed by atoms with Gasteiger partial charge in [0, 0.05) is 19.8 Å². The van der Waals surface area contributed by atoms with Gasteiger partial charge in [0.15, 0.2) is 0 Å². The Labute approximate surface area is 62.0 Å². The summed E-state index contributed by atoms with van der Waals surface area (Å²) in [6.45, 7) is 4.71. The highest BCUT2D eigenvalue weighted by Crippen LogP contribution is 1.83. The van der Waals surface area contributed by atoms with Crippen molar-refractivity contribution in [2.24, 2.45) is 0 Å². The molecule has 0 aromatic rings. The van der Waals surface area contributed by atoms with E-state index in [1.54, 1.807) is 0 Å². The molecule has 0 aliphatic carbocycles. The van der Waals surface area contributed by atoms with Crippen LogP contribution in [0.1, 0.15) is 13.3 Å². The van der Waals surface area contributed by atoms with Crippen molar-refractivity contribution in [3.63, 3.8) is 0 Å². The maximum absolute atomic E-state index is 8.31. The van der Waals surface area contributed by atoms with Crippen molar-refractivity contribution in [1.29, 1.82) is 0 Å². The van der Waals surface area contributed by atoms with Crippen molar-refractivity contribution in [2.45, 2.75) is 13.3 Å². The zero-order valence-electron chi connectivity index (χ0n) is 6.51. The lowest BCUT2D eigenvalue weighted by atomic mass is 10.5. The Morgan fingerprint density at radius 3 is 2.40 bits per heavy atom. The van der Waals surface area contributed by atoms with E-state index in [9.17, 15) is 0 Å². The molecule has 3 heteroatoms. The van der Waals surface area contributed by atoms with Crippen molar-refractivity contribution in [2.75, 3.05) is 33.0 Å². The van der Waals surface area contributed by atoms with Gasteiger partial charge in [-0.3, -0.25) is 0 Å². The van der Waals surface area contributed by atoms with Gasteiger partial charge in [-0.2, -0.15) is 0 Å². The van der Waals surface area contributed by atoms with E-state index in [1.165, 1.54) is 0 Å². The monoisotopic (exact) mass is 148 g/mol. The molecule has 10 heavy (non-hydrogen) atoms. The maximum atomic E-state index is 8.31. The largest absolute Gasteiger partial charge is 0.394 e. The average molecular weight is 148 g/mol. The molecule has 0 unspecified atom stereocenters. The first kappa shape index (κ1) is 9.88. The second kappa shape index (κ2) is 8.88. The van der Waals surface area contributed by atoms with Crippen molar-refractivity contribution in [3.8, 4) is 0 Å². The van der Waals surface area contributed by atoms with Crippen molar-refractivity contribution in [3.05, 3.63) is 0 Å². The van der Waals surface area contributed by atoms with E-state index in [4.69, 9.17) is 14.6 Å². The number of hydrogen-bond acceptors (Lipinski definition) is 3. The number of ether oxygens (including phenoxy) is 2. The SMILES string of the molecule is CCOCCCOCCO. The van der Waals surface area contributed by atoms with E-state index in [1.807, 2.05) is 6.92 Å². The molecule has 0 saturated carbocycles. The summed E-state index contributed by atoms with van der Waals surface area (Å²) in [6.07, 6.45) is 0.911. The molecule has 0 heterocycles. The number of aliphatic hydroxyl groups is 1. The summed E-state index contributed by atoms with van der Waals surface area (Å²) >= 11 is 0. The third-order valence-electron chi connectivity index (χ3n) is 1.02. The lowest BCUT2D eigenvalue weighted by Gasteiger charge is -2.01. The molecule has 0 atom stereocenters. The summed E-state index contributed by atoms with van der Waals surface area (Å²) in [4.78, 5) is 0. The smallest absolute Gasteiger partial charge is 0.0697 e. The van der Waals surface area contributed by atoms with E-state index in [2.05, 4.69) is 0 Å². The van der Waals surface area contributed by atoms with Crippen LogP contribution >= 0.6 is 0 Å². The van der Waals surface area contributed by atoms with Crippen LogP contribution in [0.4, 0.5) is 0 Å². The highest BCUT2D eigenvalue weighted by atomic mass is 16.5. The minimum atomic E-state index is 0.106. The van der Waals surface area contributed by atoms with Crippen LogP contribution in [-0.4, -0.2) is 38.1 Å². The average Bonchev–Trinajstić information content (AvgIpc) is 1.97. The molecule has 0 aliphatic rings. The van der Waals surface area contributed by atoms with E-state index in [0.29, 0.717) is 13.2 Å². The van der Waals surface area contributed by atoms with E-state index < -0.39 is 0 Å². The number of rotatable bonds is 7. The zero-order valence-corrected chi connectivity index (χ0v) is 6.51. The third kappa shape index (κ3) is 7.88. The van der Waals surface area contributed by atoms with Gasteiger partial charge < -0.3 is 14.6 Å². The molecule has 0 saturated heterocycles. The normalized spacial score (nSPS) is 10.2. The first-order chi connectivity index (χ1) is 4.91. The Balaban J connectivity index is 2.65. The molecule has 0 aliphatic heterocycles. The van der Waals surface area contributed by atoms with E-state index in [-0.39, 0.29) is 6.61 Å². The number of hydrogen-bond donors (Lipinski definition) is 1. The molecule has 0 radical (unpaired) electrons. The zero-order chi connectivity index (χ0) is 7.66. The Kier molecular flexibility index (Phi) is 8.77. The molecular formula is C7H16O3.